The van der Waals surface area contributed by atoms with Crippen molar-refractivity contribution in [3.63, 3.8) is 0 Å². The molecule has 0 amide bonds. The molecule has 1 unspecified atom stereocenters. The Morgan fingerprint density at radius 3 is 2.60 bits per heavy atom. The van der Waals surface area contributed by atoms with E-state index >= 15 is 0 Å². The Morgan fingerprint density at radius 1 is 1.30 bits per heavy atom. The molecule has 1 atom stereocenters. The molecule has 2 aromatic rings. The molecule has 1 saturated heterocycles. The van der Waals surface area contributed by atoms with Crippen molar-refractivity contribution in [3.8, 4) is 0 Å². The van der Waals surface area contributed by atoms with Crippen LogP contribution in [0.25, 0.3) is 11.0 Å². The highest BCUT2D eigenvalue weighted by atomic mass is 79.9. The summed E-state index contributed by atoms with van der Waals surface area (Å²) in [4.78, 5) is 17.0. The van der Waals surface area contributed by atoms with Gasteiger partial charge in [0.15, 0.2) is 0 Å². The standard InChI is InChI=1S/C14H18BrN3O2/c1-16-13(8-2-4-20-5-3-8)9-6-11-12(7-10(9)15)18-14(19)17-11/h6-8,13,16H,2-5H2,1H3,(H2,17,18,19). The number of ether oxygens (including phenoxy) is 1. The van der Waals surface area contributed by atoms with Gasteiger partial charge in [0, 0.05) is 23.7 Å². The first-order chi connectivity index (χ1) is 9.69. The van der Waals surface area contributed by atoms with E-state index in [0.717, 1.165) is 41.6 Å². The van der Waals surface area contributed by atoms with Crippen molar-refractivity contribution >= 4 is 27.0 Å². The van der Waals surface area contributed by atoms with Crippen LogP contribution in [0.15, 0.2) is 21.4 Å². The third-order valence-corrected chi connectivity index (χ3v) is 4.70. The number of hydrogen-bond donors (Lipinski definition) is 3. The second kappa shape index (κ2) is 5.71. The zero-order chi connectivity index (χ0) is 14.1. The first kappa shape index (κ1) is 13.9. The van der Waals surface area contributed by atoms with Gasteiger partial charge in [-0.05, 0) is 43.5 Å². The largest absolute Gasteiger partial charge is 0.381 e. The van der Waals surface area contributed by atoms with E-state index in [1.54, 1.807) is 0 Å². The molecule has 0 saturated carbocycles. The highest BCUT2D eigenvalue weighted by Gasteiger charge is 2.26. The first-order valence-electron chi connectivity index (χ1n) is 6.85. The molecule has 108 valence electrons. The molecule has 5 nitrogen and oxygen atoms in total. The van der Waals surface area contributed by atoms with Crippen molar-refractivity contribution in [2.24, 2.45) is 5.92 Å². The van der Waals surface area contributed by atoms with Crippen LogP contribution in [0.5, 0.6) is 0 Å². The number of nitrogens with one attached hydrogen (secondary N) is 3. The van der Waals surface area contributed by atoms with Gasteiger partial charge >= 0.3 is 5.69 Å². The molecule has 0 bridgehead atoms. The molecule has 0 aliphatic carbocycles. The van der Waals surface area contributed by atoms with Crippen LogP contribution in [0.4, 0.5) is 0 Å². The summed E-state index contributed by atoms with van der Waals surface area (Å²) in [7, 11) is 1.98. The molecule has 1 fully saturated rings. The van der Waals surface area contributed by atoms with Gasteiger partial charge in [0.25, 0.3) is 0 Å². The predicted molar refractivity (Wildman–Crippen MR) is 82.0 cm³/mol. The summed E-state index contributed by atoms with van der Waals surface area (Å²) in [6, 6.07) is 4.27. The van der Waals surface area contributed by atoms with Gasteiger partial charge < -0.3 is 20.0 Å². The fraction of sp³-hybridized carbons (Fsp3) is 0.500. The van der Waals surface area contributed by atoms with Crippen molar-refractivity contribution < 1.29 is 4.74 Å². The quantitative estimate of drug-likeness (QED) is 0.803. The average Bonchev–Trinajstić information content (AvgIpc) is 2.80. The fourth-order valence-corrected chi connectivity index (χ4v) is 3.60. The van der Waals surface area contributed by atoms with Gasteiger partial charge in [-0.1, -0.05) is 15.9 Å². The van der Waals surface area contributed by atoms with Gasteiger partial charge in [-0.3, -0.25) is 0 Å². The van der Waals surface area contributed by atoms with Crippen LogP contribution in [-0.2, 0) is 4.74 Å². The number of rotatable bonds is 3. The molecule has 1 aliphatic rings. The minimum atomic E-state index is -0.170. The van der Waals surface area contributed by atoms with Crippen LogP contribution in [-0.4, -0.2) is 30.2 Å². The van der Waals surface area contributed by atoms with Gasteiger partial charge in [0.05, 0.1) is 11.0 Å². The number of aromatic nitrogens is 2. The average molecular weight is 340 g/mol. The van der Waals surface area contributed by atoms with Crippen LogP contribution in [0.3, 0.4) is 0 Å². The van der Waals surface area contributed by atoms with Gasteiger partial charge in [0.1, 0.15) is 0 Å². The van der Waals surface area contributed by atoms with E-state index < -0.39 is 0 Å². The highest BCUT2D eigenvalue weighted by Crippen LogP contribution is 2.35. The Bertz CT molecular complexity index is 658. The SMILES string of the molecule is CNC(c1cc2[nH]c(=O)[nH]c2cc1Br)C1CCOCC1. The molecule has 1 aliphatic heterocycles. The molecule has 6 heteroatoms. The molecule has 3 rings (SSSR count). The Morgan fingerprint density at radius 2 is 1.95 bits per heavy atom. The molecular formula is C14H18BrN3O2. The lowest BCUT2D eigenvalue weighted by atomic mass is 9.87. The number of H-pyrrole nitrogens is 2. The van der Waals surface area contributed by atoms with Crippen LogP contribution in [0, 0.1) is 5.92 Å². The van der Waals surface area contributed by atoms with Crippen LogP contribution in [0.1, 0.15) is 24.4 Å². The Labute approximate surface area is 125 Å². The third-order valence-electron chi connectivity index (χ3n) is 4.02. The van der Waals surface area contributed by atoms with Crippen molar-refractivity contribution in [1.29, 1.82) is 0 Å². The molecular weight excluding hydrogens is 322 g/mol. The molecule has 20 heavy (non-hydrogen) atoms. The highest BCUT2D eigenvalue weighted by molar-refractivity contribution is 9.10. The molecule has 3 N–H and O–H groups in total. The van der Waals surface area contributed by atoms with E-state index in [0.29, 0.717) is 5.92 Å². The van der Waals surface area contributed by atoms with E-state index in [4.69, 9.17) is 4.74 Å². The maximum Gasteiger partial charge on any atom is 0.323 e. The normalized spacial score (nSPS) is 18.5. The predicted octanol–water partition coefficient (Wildman–Crippen LogP) is 2.31. The van der Waals surface area contributed by atoms with E-state index in [1.165, 1.54) is 5.56 Å². The third kappa shape index (κ3) is 2.55. The van der Waals surface area contributed by atoms with E-state index in [9.17, 15) is 4.79 Å². The number of hydrogen-bond acceptors (Lipinski definition) is 3. The van der Waals surface area contributed by atoms with Crippen LogP contribution < -0.4 is 11.0 Å². The number of halogens is 1. The van der Waals surface area contributed by atoms with Crippen LogP contribution in [0.2, 0.25) is 0 Å². The number of fused-ring (bicyclic) bond motifs is 1. The number of imidazole rings is 1. The van der Waals surface area contributed by atoms with Crippen molar-refractivity contribution in [2.75, 3.05) is 20.3 Å². The van der Waals surface area contributed by atoms with E-state index in [1.807, 2.05) is 19.2 Å². The number of aromatic amines is 2. The molecule has 0 spiro atoms. The smallest absolute Gasteiger partial charge is 0.323 e. The Balaban J connectivity index is 2.01. The fourth-order valence-electron chi connectivity index (χ4n) is 3.01. The lowest BCUT2D eigenvalue weighted by molar-refractivity contribution is 0.0545. The topological polar surface area (TPSA) is 69.9 Å². The number of benzene rings is 1. The lowest BCUT2D eigenvalue weighted by Gasteiger charge is -2.31. The van der Waals surface area contributed by atoms with Gasteiger partial charge in [-0.15, -0.1) is 0 Å². The monoisotopic (exact) mass is 339 g/mol. The lowest BCUT2D eigenvalue weighted by Crippen LogP contribution is -2.30. The zero-order valence-corrected chi connectivity index (χ0v) is 12.9. The van der Waals surface area contributed by atoms with Gasteiger partial charge in [-0.2, -0.15) is 0 Å². The minimum Gasteiger partial charge on any atom is -0.381 e. The minimum absolute atomic E-state index is 0.170. The summed E-state index contributed by atoms with van der Waals surface area (Å²) >= 11 is 3.63. The van der Waals surface area contributed by atoms with Crippen molar-refractivity contribution in [3.05, 3.63) is 32.7 Å². The Kier molecular flexibility index (Phi) is 3.96. The summed E-state index contributed by atoms with van der Waals surface area (Å²) in [5.41, 5.74) is 2.69. The van der Waals surface area contributed by atoms with Gasteiger partial charge in [0.2, 0.25) is 0 Å². The molecule has 1 aromatic heterocycles. The molecule has 0 radical (unpaired) electrons. The summed E-state index contributed by atoms with van der Waals surface area (Å²) < 4.78 is 6.46. The summed E-state index contributed by atoms with van der Waals surface area (Å²) in [5.74, 6) is 0.549. The molecule has 2 heterocycles. The summed E-state index contributed by atoms with van der Waals surface area (Å²) in [5, 5.41) is 3.41. The molecule has 1 aromatic carbocycles. The van der Waals surface area contributed by atoms with E-state index in [-0.39, 0.29) is 11.7 Å². The van der Waals surface area contributed by atoms with E-state index in [2.05, 4.69) is 31.2 Å². The van der Waals surface area contributed by atoms with Crippen molar-refractivity contribution in [2.45, 2.75) is 18.9 Å². The second-order valence-electron chi connectivity index (χ2n) is 5.21. The first-order valence-corrected chi connectivity index (χ1v) is 7.65. The van der Waals surface area contributed by atoms with Crippen molar-refractivity contribution in [1.82, 2.24) is 15.3 Å². The zero-order valence-electron chi connectivity index (χ0n) is 11.3. The summed E-state index contributed by atoms with van der Waals surface area (Å²) in [6.45, 7) is 1.65. The van der Waals surface area contributed by atoms with Gasteiger partial charge in [-0.25, -0.2) is 4.79 Å². The summed E-state index contributed by atoms with van der Waals surface area (Å²) in [6.07, 6.45) is 2.11. The van der Waals surface area contributed by atoms with Crippen LogP contribution >= 0.6 is 15.9 Å². The second-order valence-corrected chi connectivity index (χ2v) is 6.07. The maximum absolute atomic E-state index is 11.4. The Hall–Kier alpha value is -1.11. The maximum atomic E-state index is 11.4.